The van der Waals surface area contributed by atoms with Crippen LogP contribution < -0.4 is 10.6 Å². The third-order valence-electron chi connectivity index (χ3n) is 3.48. The molecule has 1 unspecified atom stereocenters. The first-order valence-corrected chi connectivity index (χ1v) is 8.65. The summed E-state index contributed by atoms with van der Waals surface area (Å²) in [5, 5.41) is 6.12. The first-order chi connectivity index (χ1) is 9.48. The molecule has 1 aromatic carbocycles. The van der Waals surface area contributed by atoms with Crippen molar-refractivity contribution in [3.8, 4) is 0 Å². The van der Waals surface area contributed by atoms with E-state index in [0.29, 0.717) is 12.5 Å². The second-order valence-corrected chi connectivity index (χ2v) is 7.17. The Balaban J connectivity index is 2.06. The molecule has 6 heteroatoms. The highest BCUT2D eigenvalue weighted by molar-refractivity contribution is 7.90. The van der Waals surface area contributed by atoms with Gasteiger partial charge >= 0.3 is 0 Å². The molecule has 1 fully saturated rings. The highest BCUT2D eigenvalue weighted by atomic mass is 32.2. The van der Waals surface area contributed by atoms with Gasteiger partial charge in [0.15, 0.2) is 9.84 Å². The number of amides is 1. The van der Waals surface area contributed by atoms with Crippen molar-refractivity contribution in [2.45, 2.75) is 17.7 Å². The molecule has 1 aliphatic rings. The molecule has 20 heavy (non-hydrogen) atoms. The summed E-state index contributed by atoms with van der Waals surface area (Å²) in [6.45, 7) is 2.50. The SMILES string of the molecule is CS(=O)(=O)c1ccccc1C(=O)NCC1CCCNC1. The molecular weight excluding hydrogens is 276 g/mol. The van der Waals surface area contributed by atoms with Crippen molar-refractivity contribution in [1.82, 2.24) is 10.6 Å². The number of hydrogen-bond donors (Lipinski definition) is 2. The minimum absolute atomic E-state index is 0.0827. The summed E-state index contributed by atoms with van der Waals surface area (Å²) in [5.74, 6) is 0.0923. The number of carbonyl (C=O) groups is 1. The van der Waals surface area contributed by atoms with E-state index in [1.54, 1.807) is 18.2 Å². The van der Waals surface area contributed by atoms with Crippen LogP contribution in [0.3, 0.4) is 0 Å². The fraction of sp³-hybridized carbons (Fsp3) is 0.500. The molecule has 2 rings (SSSR count). The fourth-order valence-electron chi connectivity index (χ4n) is 2.41. The lowest BCUT2D eigenvalue weighted by molar-refractivity contribution is 0.0941. The van der Waals surface area contributed by atoms with Crippen LogP contribution in [0, 0.1) is 5.92 Å². The lowest BCUT2D eigenvalue weighted by Crippen LogP contribution is -2.38. The normalized spacial score (nSPS) is 19.6. The first-order valence-electron chi connectivity index (χ1n) is 6.76. The number of piperidine rings is 1. The van der Waals surface area contributed by atoms with E-state index in [1.807, 2.05) is 0 Å². The summed E-state index contributed by atoms with van der Waals surface area (Å²) in [6.07, 6.45) is 3.31. The van der Waals surface area contributed by atoms with Gasteiger partial charge in [0.2, 0.25) is 0 Å². The Kier molecular flexibility index (Phi) is 4.77. The highest BCUT2D eigenvalue weighted by Gasteiger charge is 2.19. The molecule has 1 aromatic rings. The molecule has 1 heterocycles. The largest absolute Gasteiger partial charge is 0.352 e. The zero-order valence-electron chi connectivity index (χ0n) is 11.6. The molecule has 2 N–H and O–H groups in total. The van der Waals surface area contributed by atoms with Gasteiger partial charge in [-0.25, -0.2) is 8.42 Å². The summed E-state index contributed by atoms with van der Waals surface area (Å²) in [6, 6.07) is 6.31. The van der Waals surface area contributed by atoms with Crippen molar-refractivity contribution in [3.63, 3.8) is 0 Å². The maximum atomic E-state index is 12.2. The minimum Gasteiger partial charge on any atom is -0.352 e. The third kappa shape index (κ3) is 3.80. The van der Waals surface area contributed by atoms with E-state index in [-0.39, 0.29) is 16.4 Å². The highest BCUT2D eigenvalue weighted by Crippen LogP contribution is 2.15. The number of rotatable bonds is 4. The molecule has 1 atom stereocenters. The van der Waals surface area contributed by atoms with Crippen LogP contribution in [0.1, 0.15) is 23.2 Å². The summed E-state index contributed by atoms with van der Waals surface area (Å²) >= 11 is 0. The lowest BCUT2D eigenvalue weighted by atomic mass is 10.00. The van der Waals surface area contributed by atoms with Crippen LogP contribution in [0.2, 0.25) is 0 Å². The predicted octanol–water partition coefficient (Wildman–Crippen LogP) is 0.819. The summed E-state index contributed by atoms with van der Waals surface area (Å²) < 4.78 is 23.3. The maximum Gasteiger partial charge on any atom is 0.252 e. The van der Waals surface area contributed by atoms with Crippen LogP contribution in [0.25, 0.3) is 0 Å². The fourth-order valence-corrected chi connectivity index (χ4v) is 3.29. The van der Waals surface area contributed by atoms with E-state index in [0.717, 1.165) is 32.2 Å². The van der Waals surface area contributed by atoms with E-state index >= 15 is 0 Å². The van der Waals surface area contributed by atoms with Gasteiger partial charge in [-0.1, -0.05) is 12.1 Å². The summed E-state index contributed by atoms with van der Waals surface area (Å²) in [5.41, 5.74) is 0.221. The zero-order chi connectivity index (χ0) is 14.6. The number of carbonyl (C=O) groups excluding carboxylic acids is 1. The molecule has 0 aliphatic carbocycles. The molecule has 1 saturated heterocycles. The first kappa shape index (κ1) is 15.0. The van der Waals surface area contributed by atoms with Gasteiger partial charge in [-0.15, -0.1) is 0 Å². The van der Waals surface area contributed by atoms with Gasteiger partial charge in [-0.3, -0.25) is 4.79 Å². The van der Waals surface area contributed by atoms with Crippen molar-refractivity contribution in [3.05, 3.63) is 29.8 Å². The van der Waals surface area contributed by atoms with Crippen LogP contribution in [0.4, 0.5) is 0 Å². The molecule has 110 valence electrons. The second-order valence-electron chi connectivity index (χ2n) is 5.19. The van der Waals surface area contributed by atoms with E-state index in [2.05, 4.69) is 10.6 Å². The van der Waals surface area contributed by atoms with Crippen LogP contribution in [-0.2, 0) is 9.84 Å². The van der Waals surface area contributed by atoms with Crippen LogP contribution in [-0.4, -0.2) is 40.2 Å². The van der Waals surface area contributed by atoms with Gasteiger partial charge in [-0.2, -0.15) is 0 Å². The Hall–Kier alpha value is -1.40. The van der Waals surface area contributed by atoms with Crippen molar-refractivity contribution < 1.29 is 13.2 Å². The van der Waals surface area contributed by atoms with Gasteiger partial charge in [0, 0.05) is 12.8 Å². The van der Waals surface area contributed by atoms with Crippen LogP contribution in [0.5, 0.6) is 0 Å². The molecule has 1 amide bonds. The average molecular weight is 296 g/mol. The Morgan fingerprint density at radius 3 is 2.80 bits per heavy atom. The van der Waals surface area contributed by atoms with Gasteiger partial charge in [0.05, 0.1) is 10.5 Å². The predicted molar refractivity (Wildman–Crippen MR) is 77.5 cm³/mol. The quantitative estimate of drug-likeness (QED) is 0.862. The van der Waals surface area contributed by atoms with E-state index < -0.39 is 9.84 Å². The minimum atomic E-state index is -3.39. The molecule has 0 radical (unpaired) electrons. The average Bonchev–Trinajstić information content (AvgIpc) is 2.45. The smallest absolute Gasteiger partial charge is 0.252 e. The van der Waals surface area contributed by atoms with E-state index in [9.17, 15) is 13.2 Å². The number of sulfone groups is 1. The summed E-state index contributed by atoms with van der Waals surface area (Å²) in [4.78, 5) is 12.2. The molecule has 1 aliphatic heterocycles. The Morgan fingerprint density at radius 2 is 2.15 bits per heavy atom. The van der Waals surface area contributed by atoms with Gasteiger partial charge in [0.1, 0.15) is 0 Å². The van der Waals surface area contributed by atoms with Gasteiger partial charge in [0.25, 0.3) is 5.91 Å². The van der Waals surface area contributed by atoms with E-state index in [1.165, 1.54) is 6.07 Å². The van der Waals surface area contributed by atoms with Gasteiger partial charge in [-0.05, 0) is 44.0 Å². The second kappa shape index (κ2) is 6.37. The number of hydrogen-bond acceptors (Lipinski definition) is 4. The van der Waals surface area contributed by atoms with Crippen molar-refractivity contribution in [1.29, 1.82) is 0 Å². The van der Waals surface area contributed by atoms with Gasteiger partial charge < -0.3 is 10.6 Å². The lowest BCUT2D eigenvalue weighted by Gasteiger charge is -2.23. The van der Waals surface area contributed by atoms with Crippen LogP contribution >= 0.6 is 0 Å². The van der Waals surface area contributed by atoms with Crippen molar-refractivity contribution in [2.24, 2.45) is 5.92 Å². The molecule has 0 bridgehead atoms. The third-order valence-corrected chi connectivity index (χ3v) is 4.64. The molecule has 0 spiro atoms. The molecule has 0 aromatic heterocycles. The van der Waals surface area contributed by atoms with Crippen LogP contribution in [0.15, 0.2) is 29.2 Å². The summed E-state index contributed by atoms with van der Waals surface area (Å²) in [7, 11) is -3.39. The number of benzene rings is 1. The monoisotopic (exact) mass is 296 g/mol. The molecule has 5 nitrogen and oxygen atoms in total. The van der Waals surface area contributed by atoms with Crippen molar-refractivity contribution >= 4 is 15.7 Å². The Labute approximate surface area is 119 Å². The standard InChI is InChI=1S/C14H20N2O3S/c1-20(18,19)13-7-3-2-6-12(13)14(17)16-10-11-5-4-8-15-9-11/h2-3,6-7,11,15H,4-5,8-10H2,1H3,(H,16,17). The molecule has 0 saturated carbocycles. The topological polar surface area (TPSA) is 75.3 Å². The maximum absolute atomic E-state index is 12.2. The Bertz CT molecular complexity index is 578. The zero-order valence-corrected chi connectivity index (χ0v) is 12.4. The number of nitrogens with one attached hydrogen (secondary N) is 2. The van der Waals surface area contributed by atoms with E-state index in [4.69, 9.17) is 0 Å². The Morgan fingerprint density at radius 1 is 1.40 bits per heavy atom. The van der Waals surface area contributed by atoms with Crippen molar-refractivity contribution in [2.75, 3.05) is 25.9 Å². The molecular formula is C14H20N2O3S.